The molecule has 0 fully saturated rings. The van der Waals surface area contributed by atoms with Crippen LogP contribution in [0.1, 0.15) is 52.7 Å². The van der Waals surface area contributed by atoms with E-state index in [1.54, 1.807) is 0 Å². The highest BCUT2D eigenvalue weighted by molar-refractivity contribution is 5.26. The Morgan fingerprint density at radius 1 is 0.778 bits per heavy atom. The van der Waals surface area contributed by atoms with E-state index in [-0.39, 0.29) is 0 Å². The van der Waals surface area contributed by atoms with Crippen LogP contribution in [0.4, 0.5) is 0 Å². The van der Waals surface area contributed by atoms with Crippen molar-refractivity contribution < 1.29 is 0 Å². The van der Waals surface area contributed by atoms with Crippen molar-refractivity contribution in [1.82, 2.24) is 10.2 Å². The quantitative estimate of drug-likeness (QED) is 0.694. The van der Waals surface area contributed by atoms with E-state index >= 15 is 0 Å². The van der Waals surface area contributed by atoms with Crippen molar-refractivity contribution in [3.8, 4) is 0 Å². The molecule has 100 valence electrons. The topological polar surface area (TPSA) is 25.8 Å². The minimum absolute atomic E-state index is 0.346. The molecule has 2 rings (SSSR count). The van der Waals surface area contributed by atoms with Gasteiger partial charge in [0.25, 0.3) is 0 Å². The SMILES string of the molecule is CC(C)(C)C1Cc2cnncc2CC1C(C)(C)C. The van der Waals surface area contributed by atoms with Gasteiger partial charge in [0.2, 0.25) is 0 Å². The van der Waals surface area contributed by atoms with Gasteiger partial charge in [-0.3, -0.25) is 0 Å². The van der Waals surface area contributed by atoms with Gasteiger partial charge in [0.15, 0.2) is 0 Å². The Labute approximate surface area is 111 Å². The summed E-state index contributed by atoms with van der Waals surface area (Å²) in [5.74, 6) is 1.43. The summed E-state index contributed by atoms with van der Waals surface area (Å²) in [6, 6.07) is 0. The molecule has 0 saturated heterocycles. The van der Waals surface area contributed by atoms with Crippen LogP contribution in [0.5, 0.6) is 0 Å². The molecule has 1 aromatic heterocycles. The Morgan fingerprint density at radius 3 is 1.39 bits per heavy atom. The first-order valence-electron chi connectivity index (χ1n) is 6.98. The van der Waals surface area contributed by atoms with Crippen molar-refractivity contribution >= 4 is 0 Å². The standard InChI is InChI=1S/C16H26N2/c1-15(2,3)13-7-11-9-17-18-10-12(11)8-14(13)16(4,5)6/h9-10,13-14H,7-8H2,1-6H3. The van der Waals surface area contributed by atoms with Gasteiger partial charge >= 0.3 is 0 Å². The zero-order chi connectivity index (χ0) is 13.6. The van der Waals surface area contributed by atoms with E-state index in [9.17, 15) is 0 Å². The molecule has 1 aliphatic rings. The minimum atomic E-state index is 0.346. The van der Waals surface area contributed by atoms with Gasteiger partial charge in [-0.2, -0.15) is 10.2 Å². The molecule has 0 radical (unpaired) electrons. The number of fused-ring (bicyclic) bond motifs is 1. The largest absolute Gasteiger partial charge is 0.159 e. The summed E-state index contributed by atoms with van der Waals surface area (Å²) in [4.78, 5) is 0. The van der Waals surface area contributed by atoms with Crippen LogP contribution >= 0.6 is 0 Å². The maximum absolute atomic E-state index is 4.05. The molecular formula is C16H26N2. The monoisotopic (exact) mass is 246 g/mol. The molecule has 0 amide bonds. The van der Waals surface area contributed by atoms with Crippen LogP contribution in [0.25, 0.3) is 0 Å². The smallest absolute Gasteiger partial charge is 0.0531 e. The Hall–Kier alpha value is -0.920. The lowest BCUT2D eigenvalue weighted by molar-refractivity contribution is 0.0623. The van der Waals surface area contributed by atoms with Crippen LogP contribution in [-0.4, -0.2) is 10.2 Å². The van der Waals surface area contributed by atoms with Gasteiger partial charge in [0.05, 0.1) is 12.4 Å². The Bertz CT molecular complexity index is 382. The Kier molecular flexibility index (Phi) is 3.25. The third kappa shape index (κ3) is 2.57. The van der Waals surface area contributed by atoms with E-state index in [1.807, 2.05) is 12.4 Å². The number of aromatic nitrogens is 2. The average molecular weight is 246 g/mol. The van der Waals surface area contributed by atoms with Crippen LogP contribution < -0.4 is 0 Å². The first-order valence-corrected chi connectivity index (χ1v) is 6.98. The second kappa shape index (κ2) is 4.32. The summed E-state index contributed by atoms with van der Waals surface area (Å²) in [5.41, 5.74) is 3.51. The molecule has 0 bridgehead atoms. The molecule has 0 aromatic carbocycles. The highest BCUT2D eigenvalue weighted by Crippen LogP contribution is 2.47. The first-order chi connectivity index (χ1) is 8.19. The predicted octanol–water partition coefficient (Wildman–Crippen LogP) is 3.90. The lowest BCUT2D eigenvalue weighted by atomic mass is 9.58. The molecule has 0 N–H and O–H groups in total. The molecule has 1 heterocycles. The van der Waals surface area contributed by atoms with Gasteiger partial charge in [0, 0.05) is 0 Å². The fourth-order valence-corrected chi connectivity index (χ4v) is 3.32. The molecule has 2 unspecified atom stereocenters. The van der Waals surface area contributed by atoms with Crippen molar-refractivity contribution in [1.29, 1.82) is 0 Å². The van der Waals surface area contributed by atoms with Gasteiger partial charge < -0.3 is 0 Å². The molecule has 2 nitrogen and oxygen atoms in total. The van der Waals surface area contributed by atoms with Gasteiger partial charge in [-0.25, -0.2) is 0 Å². The fourth-order valence-electron chi connectivity index (χ4n) is 3.32. The number of hydrogen-bond acceptors (Lipinski definition) is 2. The summed E-state index contributed by atoms with van der Waals surface area (Å²) in [6.45, 7) is 14.2. The fraction of sp³-hybridized carbons (Fsp3) is 0.750. The van der Waals surface area contributed by atoms with Crippen molar-refractivity contribution in [3.05, 3.63) is 23.5 Å². The lowest BCUT2D eigenvalue weighted by Crippen LogP contribution is -2.41. The zero-order valence-electron chi connectivity index (χ0n) is 12.6. The van der Waals surface area contributed by atoms with E-state index in [1.165, 1.54) is 11.1 Å². The third-order valence-electron chi connectivity index (χ3n) is 4.50. The molecule has 18 heavy (non-hydrogen) atoms. The summed E-state index contributed by atoms with van der Waals surface area (Å²) < 4.78 is 0. The number of rotatable bonds is 0. The summed E-state index contributed by atoms with van der Waals surface area (Å²) in [7, 11) is 0. The maximum atomic E-state index is 4.05. The minimum Gasteiger partial charge on any atom is -0.159 e. The summed E-state index contributed by atoms with van der Waals surface area (Å²) in [5, 5.41) is 8.10. The highest BCUT2D eigenvalue weighted by Gasteiger charge is 2.41. The molecule has 0 saturated carbocycles. The normalized spacial score (nSPS) is 24.8. The van der Waals surface area contributed by atoms with Gasteiger partial charge in [-0.05, 0) is 46.6 Å². The second-order valence-electron chi connectivity index (χ2n) is 7.89. The predicted molar refractivity (Wildman–Crippen MR) is 75.3 cm³/mol. The van der Waals surface area contributed by atoms with E-state index in [4.69, 9.17) is 0 Å². The molecule has 2 atom stereocenters. The maximum Gasteiger partial charge on any atom is 0.0531 e. The van der Waals surface area contributed by atoms with Crippen molar-refractivity contribution in [2.45, 2.75) is 54.4 Å². The van der Waals surface area contributed by atoms with Gasteiger partial charge in [-0.15, -0.1) is 0 Å². The van der Waals surface area contributed by atoms with E-state index < -0.39 is 0 Å². The van der Waals surface area contributed by atoms with Crippen LogP contribution in [0, 0.1) is 22.7 Å². The molecular weight excluding hydrogens is 220 g/mol. The van der Waals surface area contributed by atoms with Crippen LogP contribution in [0.15, 0.2) is 12.4 Å². The number of nitrogens with zero attached hydrogens (tertiary/aromatic N) is 2. The van der Waals surface area contributed by atoms with Gasteiger partial charge in [0.1, 0.15) is 0 Å². The van der Waals surface area contributed by atoms with Crippen molar-refractivity contribution in [2.24, 2.45) is 22.7 Å². The summed E-state index contributed by atoms with van der Waals surface area (Å²) in [6.07, 6.45) is 6.23. The van der Waals surface area contributed by atoms with E-state index in [0.29, 0.717) is 22.7 Å². The third-order valence-corrected chi connectivity index (χ3v) is 4.50. The van der Waals surface area contributed by atoms with Crippen molar-refractivity contribution in [3.63, 3.8) is 0 Å². The summed E-state index contributed by atoms with van der Waals surface area (Å²) >= 11 is 0. The molecule has 0 spiro atoms. The molecule has 1 aliphatic carbocycles. The average Bonchev–Trinajstić information content (AvgIpc) is 2.25. The second-order valence-corrected chi connectivity index (χ2v) is 7.89. The van der Waals surface area contributed by atoms with Crippen molar-refractivity contribution in [2.75, 3.05) is 0 Å². The highest BCUT2D eigenvalue weighted by atomic mass is 15.1. The Balaban J connectivity index is 2.40. The van der Waals surface area contributed by atoms with Crippen LogP contribution in [0.2, 0.25) is 0 Å². The van der Waals surface area contributed by atoms with Gasteiger partial charge in [-0.1, -0.05) is 41.5 Å². The lowest BCUT2D eigenvalue weighted by Gasteiger charge is -2.47. The Morgan fingerprint density at radius 2 is 1.11 bits per heavy atom. The number of hydrogen-bond donors (Lipinski definition) is 0. The van der Waals surface area contributed by atoms with Crippen LogP contribution in [-0.2, 0) is 12.8 Å². The zero-order valence-corrected chi connectivity index (χ0v) is 12.6. The van der Waals surface area contributed by atoms with Crippen LogP contribution in [0.3, 0.4) is 0 Å². The molecule has 1 aromatic rings. The first kappa shape index (κ1) is 13.5. The molecule has 0 aliphatic heterocycles. The molecule has 2 heteroatoms. The van der Waals surface area contributed by atoms with E-state index in [2.05, 4.69) is 51.7 Å². The van der Waals surface area contributed by atoms with E-state index in [0.717, 1.165) is 12.8 Å².